The summed E-state index contributed by atoms with van der Waals surface area (Å²) in [6, 6.07) is 0. The summed E-state index contributed by atoms with van der Waals surface area (Å²) >= 11 is 0. The topological polar surface area (TPSA) is 55.6 Å². The maximum absolute atomic E-state index is 11.3. The Kier molecular flexibility index (Phi) is 2.69. The smallest absolute Gasteiger partial charge is 0.225 e. The number of likely N-dealkylation sites (tertiary alicyclic amines) is 1. The highest BCUT2D eigenvalue weighted by molar-refractivity contribution is 5.77. The first-order valence-corrected chi connectivity index (χ1v) is 4.11. The molecule has 1 amide bonds. The zero-order valence-electron chi connectivity index (χ0n) is 7.67. The zero-order valence-corrected chi connectivity index (χ0v) is 7.67. The molecule has 1 rings (SSSR count). The average molecular weight is 172 g/mol. The summed E-state index contributed by atoms with van der Waals surface area (Å²) in [5.74, 6) is 0.139. The van der Waals surface area contributed by atoms with Crippen molar-refractivity contribution in [2.45, 2.75) is 18.9 Å². The van der Waals surface area contributed by atoms with Crippen LogP contribution in [0.5, 0.6) is 0 Å². The van der Waals surface area contributed by atoms with Gasteiger partial charge in [0.15, 0.2) is 0 Å². The van der Waals surface area contributed by atoms with Crippen LogP contribution in [0, 0.1) is 0 Å². The molecule has 0 unspecified atom stereocenters. The summed E-state index contributed by atoms with van der Waals surface area (Å²) in [4.78, 5) is 13.0. The molecular formula is C8H16N2O2. The highest BCUT2D eigenvalue weighted by Crippen LogP contribution is 2.17. The quantitative estimate of drug-likeness (QED) is 0.629. The van der Waals surface area contributed by atoms with Crippen LogP contribution in [0.2, 0.25) is 0 Å². The van der Waals surface area contributed by atoms with Crippen molar-refractivity contribution < 1.29 is 9.53 Å². The van der Waals surface area contributed by atoms with Crippen molar-refractivity contribution in [1.29, 1.82) is 0 Å². The molecule has 1 fully saturated rings. The monoisotopic (exact) mass is 172 g/mol. The number of nitrogens with zero attached hydrogens (tertiary/aromatic N) is 1. The van der Waals surface area contributed by atoms with E-state index in [4.69, 9.17) is 10.5 Å². The molecular weight excluding hydrogens is 156 g/mol. The number of methoxy groups -OCH3 is 1. The summed E-state index contributed by atoms with van der Waals surface area (Å²) in [6.45, 7) is 3.80. The maximum Gasteiger partial charge on any atom is 0.225 e. The lowest BCUT2D eigenvalue weighted by Crippen LogP contribution is -2.66. The molecule has 0 atom stereocenters. The molecule has 0 radical (unpaired) electrons. The van der Waals surface area contributed by atoms with Gasteiger partial charge in [0.2, 0.25) is 5.91 Å². The first-order chi connectivity index (χ1) is 5.55. The van der Waals surface area contributed by atoms with E-state index in [1.54, 1.807) is 12.0 Å². The van der Waals surface area contributed by atoms with Crippen molar-refractivity contribution in [2.75, 3.05) is 26.8 Å². The van der Waals surface area contributed by atoms with Crippen molar-refractivity contribution in [3.8, 4) is 0 Å². The van der Waals surface area contributed by atoms with Gasteiger partial charge in [-0.1, -0.05) is 0 Å². The minimum Gasteiger partial charge on any atom is -0.384 e. The number of hydrogen-bond donors (Lipinski definition) is 1. The zero-order chi connectivity index (χ0) is 9.19. The summed E-state index contributed by atoms with van der Waals surface area (Å²) in [7, 11) is 1.59. The third-order valence-electron chi connectivity index (χ3n) is 1.98. The van der Waals surface area contributed by atoms with Crippen LogP contribution in [-0.4, -0.2) is 43.2 Å². The van der Waals surface area contributed by atoms with E-state index in [0.29, 0.717) is 26.1 Å². The molecule has 4 heteroatoms. The van der Waals surface area contributed by atoms with Crippen LogP contribution in [0.25, 0.3) is 0 Å². The first kappa shape index (κ1) is 9.48. The number of carbonyl (C=O) groups is 1. The van der Waals surface area contributed by atoms with E-state index >= 15 is 0 Å². The van der Waals surface area contributed by atoms with E-state index in [1.807, 2.05) is 6.92 Å². The largest absolute Gasteiger partial charge is 0.384 e. The Balaban J connectivity index is 2.19. The molecule has 2 N–H and O–H groups in total. The summed E-state index contributed by atoms with van der Waals surface area (Å²) in [6.07, 6.45) is 0.465. The van der Waals surface area contributed by atoms with E-state index in [1.165, 1.54) is 0 Å². The van der Waals surface area contributed by atoms with Crippen molar-refractivity contribution in [3.05, 3.63) is 0 Å². The van der Waals surface area contributed by atoms with Gasteiger partial charge in [0, 0.05) is 25.7 Å². The van der Waals surface area contributed by atoms with Crippen LogP contribution in [0.4, 0.5) is 0 Å². The molecule has 1 heterocycles. The van der Waals surface area contributed by atoms with Gasteiger partial charge in [0.1, 0.15) is 0 Å². The van der Waals surface area contributed by atoms with E-state index in [0.717, 1.165) is 0 Å². The molecule has 0 aromatic rings. The van der Waals surface area contributed by atoms with E-state index in [-0.39, 0.29) is 11.4 Å². The molecule has 0 aliphatic carbocycles. The SMILES string of the molecule is COCCC(=O)N1CC(C)(N)C1. The van der Waals surface area contributed by atoms with Crippen LogP contribution in [0.1, 0.15) is 13.3 Å². The third kappa shape index (κ3) is 2.19. The Morgan fingerprint density at radius 3 is 2.67 bits per heavy atom. The van der Waals surface area contributed by atoms with Gasteiger partial charge >= 0.3 is 0 Å². The lowest BCUT2D eigenvalue weighted by Gasteiger charge is -2.45. The summed E-state index contributed by atoms with van der Waals surface area (Å²) < 4.78 is 4.80. The number of rotatable bonds is 3. The van der Waals surface area contributed by atoms with Gasteiger partial charge in [-0.15, -0.1) is 0 Å². The van der Waals surface area contributed by atoms with Gasteiger partial charge < -0.3 is 15.4 Å². The summed E-state index contributed by atoms with van der Waals surface area (Å²) in [5.41, 5.74) is 5.59. The number of nitrogens with two attached hydrogens (primary N) is 1. The number of ether oxygens (including phenoxy) is 1. The number of amides is 1. The fourth-order valence-electron chi connectivity index (χ4n) is 1.35. The van der Waals surface area contributed by atoms with Crippen LogP contribution in [0.15, 0.2) is 0 Å². The second kappa shape index (κ2) is 3.41. The van der Waals surface area contributed by atoms with Gasteiger partial charge in [-0.3, -0.25) is 4.79 Å². The van der Waals surface area contributed by atoms with Crippen molar-refractivity contribution in [2.24, 2.45) is 5.73 Å². The van der Waals surface area contributed by atoms with E-state index in [2.05, 4.69) is 0 Å². The van der Waals surface area contributed by atoms with Gasteiger partial charge in [-0.25, -0.2) is 0 Å². The maximum atomic E-state index is 11.3. The van der Waals surface area contributed by atoms with E-state index in [9.17, 15) is 4.79 Å². The van der Waals surface area contributed by atoms with Crippen LogP contribution >= 0.6 is 0 Å². The molecule has 70 valence electrons. The second-order valence-corrected chi connectivity index (χ2v) is 3.65. The fraction of sp³-hybridized carbons (Fsp3) is 0.875. The molecule has 0 spiro atoms. The molecule has 1 aliphatic heterocycles. The Bertz CT molecular complexity index is 172. The molecule has 0 aromatic heterocycles. The predicted molar refractivity (Wildman–Crippen MR) is 45.7 cm³/mol. The minimum absolute atomic E-state index is 0.139. The Labute approximate surface area is 72.7 Å². The standard InChI is InChI=1S/C8H16N2O2/c1-8(9)5-10(6-8)7(11)3-4-12-2/h3-6,9H2,1-2H3. The molecule has 0 aromatic carbocycles. The lowest BCUT2D eigenvalue weighted by molar-refractivity contribution is -0.139. The average Bonchev–Trinajstić information content (AvgIpc) is 1.95. The Morgan fingerprint density at radius 2 is 2.25 bits per heavy atom. The van der Waals surface area contributed by atoms with Gasteiger partial charge in [-0.05, 0) is 6.92 Å². The van der Waals surface area contributed by atoms with Crippen molar-refractivity contribution in [1.82, 2.24) is 4.90 Å². The van der Waals surface area contributed by atoms with Gasteiger partial charge in [0.25, 0.3) is 0 Å². The Morgan fingerprint density at radius 1 is 1.67 bits per heavy atom. The molecule has 0 saturated carbocycles. The number of carbonyl (C=O) groups excluding carboxylic acids is 1. The second-order valence-electron chi connectivity index (χ2n) is 3.65. The minimum atomic E-state index is -0.164. The molecule has 12 heavy (non-hydrogen) atoms. The van der Waals surface area contributed by atoms with E-state index < -0.39 is 0 Å². The van der Waals surface area contributed by atoms with Crippen molar-refractivity contribution in [3.63, 3.8) is 0 Å². The Hall–Kier alpha value is -0.610. The normalized spacial score (nSPS) is 20.4. The lowest BCUT2D eigenvalue weighted by atomic mass is 9.93. The van der Waals surface area contributed by atoms with Crippen molar-refractivity contribution >= 4 is 5.91 Å². The molecule has 1 aliphatic rings. The molecule has 0 bridgehead atoms. The van der Waals surface area contributed by atoms with Crippen LogP contribution in [0.3, 0.4) is 0 Å². The third-order valence-corrected chi connectivity index (χ3v) is 1.98. The predicted octanol–water partition coefficient (Wildman–Crippen LogP) is -0.417. The summed E-state index contributed by atoms with van der Waals surface area (Å²) in [5, 5.41) is 0. The van der Waals surface area contributed by atoms with Crippen LogP contribution in [-0.2, 0) is 9.53 Å². The first-order valence-electron chi connectivity index (χ1n) is 4.11. The molecule has 1 saturated heterocycles. The highest BCUT2D eigenvalue weighted by atomic mass is 16.5. The number of hydrogen-bond acceptors (Lipinski definition) is 3. The van der Waals surface area contributed by atoms with Gasteiger partial charge in [-0.2, -0.15) is 0 Å². The van der Waals surface area contributed by atoms with Crippen LogP contribution < -0.4 is 5.73 Å². The fourth-order valence-corrected chi connectivity index (χ4v) is 1.35. The highest BCUT2D eigenvalue weighted by Gasteiger charge is 2.37. The molecule has 4 nitrogen and oxygen atoms in total. The van der Waals surface area contributed by atoms with Gasteiger partial charge in [0.05, 0.1) is 13.0 Å².